The van der Waals surface area contributed by atoms with Crippen LogP contribution in [0.5, 0.6) is 0 Å². The summed E-state index contributed by atoms with van der Waals surface area (Å²) in [6, 6.07) is 2.31. The standard InChI is InChI=1S/C11H19N3/c1-4-5-9-14(10(2)3)11-12-7-6-8-13-11/h6-8,10H,4-5,9H2,1-3H3. The summed E-state index contributed by atoms with van der Waals surface area (Å²) in [7, 11) is 0. The molecule has 0 N–H and O–H groups in total. The quantitative estimate of drug-likeness (QED) is 0.719. The first-order valence-corrected chi connectivity index (χ1v) is 5.29. The Morgan fingerprint density at radius 3 is 2.43 bits per heavy atom. The first kappa shape index (κ1) is 11.0. The summed E-state index contributed by atoms with van der Waals surface area (Å²) in [6.45, 7) is 7.58. The van der Waals surface area contributed by atoms with Gasteiger partial charge in [0.2, 0.25) is 5.95 Å². The van der Waals surface area contributed by atoms with Crippen molar-refractivity contribution in [3.8, 4) is 0 Å². The van der Waals surface area contributed by atoms with E-state index in [4.69, 9.17) is 0 Å². The molecule has 0 fully saturated rings. The molecule has 78 valence electrons. The Hall–Kier alpha value is -1.12. The van der Waals surface area contributed by atoms with Crippen LogP contribution in [0.1, 0.15) is 33.6 Å². The lowest BCUT2D eigenvalue weighted by atomic mass is 10.2. The Balaban J connectivity index is 2.68. The predicted molar refractivity (Wildman–Crippen MR) is 59.4 cm³/mol. The van der Waals surface area contributed by atoms with Crippen molar-refractivity contribution in [3.05, 3.63) is 18.5 Å². The van der Waals surface area contributed by atoms with Crippen molar-refractivity contribution in [2.75, 3.05) is 11.4 Å². The topological polar surface area (TPSA) is 29.0 Å². The monoisotopic (exact) mass is 193 g/mol. The van der Waals surface area contributed by atoms with Crippen molar-refractivity contribution in [1.29, 1.82) is 0 Å². The Morgan fingerprint density at radius 1 is 1.29 bits per heavy atom. The van der Waals surface area contributed by atoms with E-state index in [2.05, 4.69) is 35.6 Å². The highest BCUT2D eigenvalue weighted by Gasteiger charge is 2.11. The van der Waals surface area contributed by atoms with Gasteiger partial charge in [0, 0.05) is 25.0 Å². The number of nitrogens with zero attached hydrogens (tertiary/aromatic N) is 3. The summed E-state index contributed by atoms with van der Waals surface area (Å²) < 4.78 is 0. The first-order valence-electron chi connectivity index (χ1n) is 5.29. The second-order valence-corrected chi connectivity index (χ2v) is 3.69. The molecular formula is C11H19N3. The fourth-order valence-corrected chi connectivity index (χ4v) is 1.36. The largest absolute Gasteiger partial charge is 0.338 e. The number of unbranched alkanes of at least 4 members (excludes halogenated alkanes) is 1. The minimum atomic E-state index is 0.462. The lowest BCUT2D eigenvalue weighted by molar-refractivity contribution is 0.630. The highest BCUT2D eigenvalue weighted by atomic mass is 15.3. The Morgan fingerprint density at radius 2 is 1.93 bits per heavy atom. The van der Waals surface area contributed by atoms with Crippen LogP contribution in [0.2, 0.25) is 0 Å². The molecule has 0 amide bonds. The maximum Gasteiger partial charge on any atom is 0.225 e. The smallest absolute Gasteiger partial charge is 0.225 e. The predicted octanol–water partition coefficient (Wildman–Crippen LogP) is 2.49. The van der Waals surface area contributed by atoms with Crippen LogP contribution in [-0.2, 0) is 0 Å². The molecule has 0 saturated carbocycles. The fourth-order valence-electron chi connectivity index (χ4n) is 1.36. The molecule has 1 aromatic rings. The molecular weight excluding hydrogens is 174 g/mol. The molecule has 0 radical (unpaired) electrons. The van der Waals surface area contributed by atoms with Crippen LogP contribution < -0.4 is 4.90 Å². The van der Waals surface area contributed by atoms with Crippen molar-refractivity contribution in [3.63, 3.8) is 0 Å². The Kier molecular flexibility index (Phi) is 4.36. The van der Waals surface area contributed by atoms with Crippen molar-refractivity contribution < 1.29 is 0 Å². The molecule has 0 unspecified atom stereocenters. The minimum absolute atomic E-state index is 0.462. The van der Waals surface area contributed by atoms with E-state index in [1.165, 1.54) is 12.8 Å². The van der Waals surface area contributed by atoms with Gasteiger partial charge >= 0.3 is 0 Å². The van der Waals surface area contributed by atoms with E-state index in [9.17, 15) is 0 Å². The molecule has 1 aromatic heterocycles. The van der Waals surface area contributed by atoms with Crippen molar-refractivity contribution in [1.82, 2.24) is 9.97 Å². The zero-order valence-electron chi connectivity index (χ0n) is 9.27. The van der Waals surface area contributed by atoms with Gasteiger partial charge in [0.1, 0.15) is 0 Å². The molecule has 14 heavy (non-hydrogen) atoms. The molecule has 0 aliphatic heterocycles. The fraction of sp³-hybridized carbons (Fsp3) is 0.636. The molecule has 3 nitrogen and oxygen atoms in total. The van der Waals surface area contributed by atoms with Gasteiger partial charge in [-0.3, -0.25) is 0 Å². The second kappa shape index (κ2) is 5.58. The summed E-state index contributed by atoms with van der Waals surface area (Å²) in [5.74, 6) is 0.843. The third-order valence-electron chi connectivity index (χ3n) is 2.18. The average molecular weight is 193 g/mol. The van der Waals surface area contributed by atoms with Gasteiger partial charge in [-0.15, -0.1) is 0 Å². The van der Waals surface area contributed by atoms with Crippen molar-refractivity contribution in [2.45, 2.75) is 39.7 Å². The molecule has 1 rings (SSSR count). The van der Waals surface area contributed by atoms with Crippen LogP contribution in [0.25, 0.3) is 0 Å². The SMILES string of the molecule is CCCCN(c1ncccn1)C(C)C. The van der Waals surface area contributed by atoms with Gasteiger partial charge in [-0.1, -0.05) is 13.3 Å². The van der Waals surface area contributed by atoms with E-state index < -0.39 is 0 Å². The van der Waals surface area contributed by atoms with Gasteiger partial charge < -0.3 is 4.90 Å². The number of hydrogen-bond donors (Lipinski definition) is 0. The van der Waals surface area contributed by atoms with E-state index in [0.29, 0.717) is 6.04 Å². The van der Waals surface area contributed by atoms with Crippen molar-refractivity contribution in [2.24, 2.45) is 0 Å². The summed E-state index contributed by atoms with van der Waals surface area (Å²) in [5, 5.41) is 0. The van der Waals surface area contributed by atoms with E-state index in [-0.39, 0.29) is 0 Å². The molecule has 0 atom stereocenters. The molecule has 0 spiro atoms. The van der Waals surface area contributed by atoms with Crippen LogP contribution in [0, 0.1) is 0 Å². The normalized spacial score (nSPS) is 10.6. The summed E-state index contributed by atoms with van der Waals surface area (Å²) in [4.78, 5) is 10.8. The van der Waals surface area contributed by atoms with Crippen LogP contribution in [0.3, 0.4) is 0 Å². The van der Waals surface area contributed by atoms with Crippen LogP contribution in [0.15, 0.2) is 18.5 Å². The molecule has 0 bridgehead atoms. The third kappa shape index (κ3) is 2.98. The average Bonchev–Trinajstić information content (AvgIpc) is 2.19. The summed E-state index contributed by atoms with van der Waals surface area (Å²) in [6.07, 6.45) is 5.99. The number of hydrogen-bond acceptors (Lipinski definition) is 3. The molecule has 0 aliphatic carbocycles. The van der Waals surface area contributed by atoms with E-state index in [1.807, 2.05) is 6.07 Å². The Bertz CT molecular complexity index is 246. The summed E-state index contributed by atoms with van der Waals surface area (Å²) >= 11 is 0. The number of anilines is 1. The Labute approximate surface area is 86.2 Å². The molecule has 0 aromatic carbocycles. The van der Waals surface area contributed by atoms with Crippen molar-refractivity contribution >= 4 is 5.95 Å². The highest BCUT2D eigenvalue weighted by Crippen LogP contribution is 2.10. The highest BCUT2D eigenvalue weighted by molar-refractivity contribution is 5.29. The van der Waals surface area contributed by atoms with Crippen LogP contribution in [-0.4, -0.2) is 22.6 Å². The van der Waals surface area contributed by atoms with Gasteiger partial charge in [0.25, 0.3) is 0 Å². The van der Waals surface area contributed by atoms with Crippen LogP contribution in [0.4, 0.5) is 5.95 Å². The lowest BCUT2D eigenvalue weighted by Gasteiger charge is -2.26. The summed E-state index contributed by atoms with van der Waals surface area (Å²) in [5.41, 5.74) is 0. The molecule has 0 saturated heterocycles. The van der Waals surface area contributed by atoms with E-state index >= 15 is 0 Å². The van der Waals surface area contributed by atoms with Gasteiger partial charge in [0.15, 0.2) is 0 Å². The maximum absolute atomic E-state index is 4.27. The van der Waals surface area contributed by atoms with Gasteiger partial charge in [-0.2, -0.15) is 0 Å². The third-order valence-corrected chi connectivity index (χ3v) is 2.18. The van der Waals surface area contributed by atoms with Gasteiger partial charge in [0.05, 0.1) is 0 Å². The number of rotatable bonds is 5. The molecule has 0 aliphatic rings. The van der Waals surface area contributed by atoms with Crippen LogP contribution >= 0.6 is 0 Å². The van der Waals surface area contributed by atoms with Gasteiger partial charge in [-0.25, -0.2) is 9.97 Å². The molecule has 3 heteroatoms. The van der Waals surface area contributed by atoms with E-state index in [1.54, 1.807) is 12.4 Å². The van der Waals surface area contributed by atoms with Gasteiger partial charge in [-0.05, 0) is 26.3 Å². The number of aromatic nitrogens is 2. The maximum atomic E-state index is 4.27. The first-order chi connectivity index (χ1) is 6.75. The molecule has 1 heterocycles. The second-order valence-electron chi connectivity index (χ2n) is 3.69. The zero-order chi connectivity index (χ0) is 10.4. The lowest BCUT2D eigenvalue weighted by Crippen LogP contribution is -2.33. The zero-order valence-corrected chi connectivity index (χ0v) is 9.27. The van der Waals surface area contributed by atoms with E-state index in [0.717, 1.165) is 12.5 Å². The minimum Gasteiger partial charge on any atom is -0.338 e.